The van der Waals surface area contributed by atoms with Gasteiger partial charge < -0.3 is 0 Å². The van der Waals surface area contributed by atoms with Gasteiger partial charge in [0.05, 0.1) is 4.90 Å². The number of thioether (sulfide) groups is 1. The summed E-state index contributed by atoms with van der Waals surface area (Å²) in [5.41, 5.74) is 2.29. The number of benzene rings is 2. The highest BCUT2D eigenvalue weighted by Crippen LogP contribution is 2.34. The van der Waals surface area contributed by atoms with Crippen LogP contribution in [0.1, 0.15) is 36.8 Å². The fourth-order valence-corrected chi connectivity index (χ4v) is 6.03. The van der Waals surface area contributed by atoms with Crippen molar-refractivity contribution < 1.29 is 8.42 Å². The highest BCUT2D eigenvalue weighted by Gasteiger charge is 2.30. The molecule has 2 aromatic rings. The molecule has 0 unspecified atom stereocenters. The minimum absolute atomic E-state index is 0.0226. The minimum atomic E-state index is -3.47. The number of nitrogens with one attached hydrogen (secondary N) is 1. The summed E-state index contributed by atoms with van der Waals surface area (Å²) in [7, 11) is -3.47. The van der Waals surface area contributed by atoms with Gasteiger partial charge in [-0.25, -0.2) is 13.1 Å². The molecule has 2 atom stereocenters. The van der Waals surface area contributed by atoms with E-state index in [0.717, 1.165) is 31.2 Å². The van der Waals surface area contributed by atoms with Crippen molar-refractivity contribution in [3.05, 3.63) is 59.7 Å². The molecule has 1 aliphatic carbocycles. The monoisotopic (exact) mass is 375 g/mol. The van der Waals surface area contributed by atoms with Crippen molar-refractivity contribution in [2.75, 3.05) is 0 Å². The van der Waals surface area contributed by atoms with Crippen LogP contribution in [0, 0.1) is 13.8 Å². The number of aryl methyl sites for hydroxylation is 2. The van der Waals surface area contributed by atoms with Crippen molar-refractivity contribution in [2.24, 2.45) is 0 Å². The van der Waals surface area contributed by atoms with Gasteiger partial charge in [-0.2, -0.15) is 0 Å². The van der Waals surface area contributed by atoms with Gasteiger partial charge in [-0.3, -0.25) is 0 Å². The molecule has 0 aromatic heterocycles. The normalized spacial score (nSPS) is 21.2. The van der Waals surface area contributed by atoms with E-state index in [2.05, 4.69) is 35.9 Å². The van der Waals surface area contributed by atoms with Crippen molar-refractivity contribution in [1.29, 1.82) is 0 Å². The second-order valence-electron chi connectivity index (χ2n) is 6.80. The molecule has 1 fully saturated rings. The molecule has 2 aromatic carbocycles. The van der Waals surface area contributed by atoms with Crippen molar-refractivity contribution in [1.82, 2.24) is 4.72 Å². The smallest absolute Gasteiger partial charge is 0.207 e. The van der Waals surface area contributed by atoms with E-state index in [1.54, 1.807) is 23.9 Å². The third-order valence-corrected chi connectivity index (χ3v) is 7.52. The molecule has 1 N–H and O–H groups in total. The Bertz CT molecular complexity index is 816. The molecular formula is C20H25NO2S2. The first-order valence-electron chi connectivity index (χ1n) is 8.76. The lowest BCUT2D eigenvalue weighted by molar-refractivity contribution is 0.423. The van der Waals surface area contributed by atoms with Crippen LogP contribution in [0.2, 0.25) is 0 Å². The molecule has 1 saturated carbocycles. The second-order valence-corrected chi connectivity index (χ2v) is 9.82. The average molecular weight is 376 g/mol. The summed E-state index contributed by atoms with van der Waals surface area (Å²) in [6.45, 7) is 4.04. The van der Waals surface area contributed by atoms with Crippen LogP contribution in [0.3, 0.4) is 0 Å². The van der Waals surface area contributed by atoms with Crippen LogP contribution in [-0.2, 0) is 10.0 Å². The Morgan fingerprint density at radius 2 is 1.68 bits per heavy atom. The molecule has 3 nitrogen and oxygen atoms in total. The third-order valence-electron chi connectivity index (χ3n) is 4.62. The molecule has 3 rings (SSSR count). The summed E-state index contributed by atoms with van der Waals surface area (Å²) in [4.78, 5) is 1.56. The molecule has 0 bridgehead atoms. The first-order chi connectivity index (χ1) is 11.9. The summed E-state index contributed by atoms with van der Waals surface area (Å²) in [5, 5.41) is 0.274. The lowest BCUT2D eigenvalue weighted by Crippen LogP contribution is -2.43. The zero-order valence-corrected chi connectivity index (χ0v) is 16.4. The predicted octanol–water partition coefficient (Wildman–Crippen LogP) is 4.69. The molecule has 0 saturated heterocycles. The molecule has 1 aliphatic rings. The summed E-state index contributed by atoms with van der Waals surface area (Å²) >= 11 is 1.80. The van der Waals surface area contributed by atoms with Crippen LogP contribution < -0.4 is 4.72 Å². The number of hydrogen-bond acceptors (Lipinski definition) is 3. The highest BCUT2D eigenvalue weighted by molar-refractivity contribution is 8.00. The van der Waals surface area contributed by atoms with Gasteiger partial charge in [-0.1, -0.05) is 48.2 Å². The Morgan fingerprint density at radius 1 is 0.960 bits per heavy atom. The first-order valence-corrected chi connectivity index (χ1v) is 11.1. The van der Waals surface area contributed by atoms with Gasteiger partial charge in [0.2, 0.25) is 10.0 Å². The average Bonchev–Trinajstić information content (AvgIpc) is 2.57. The minimum Gasteiger partial charge on any atom is -0.207 e. The maximum Gasteiger partial charge on any atom is 0.240 e. The van der Waals surface area contributed by atoms with Crippen LogP contribution in [0.15, 0.2) is 58.3 Å². The molecule has 0 amide bonds. The molecule has 25 heavy (non-hydrogen) atoms. The van der Waals surface area contributed by atoms with Gasteiger partial charge in [0.15, 0.2) is 0 Å². The Morgan fingerprint density at radius 3 is 2.40 bits per heavy atom. The topological polar surface area (TPSA) is 46.2 Å². The number of hydrogen-bond donors (Lipinski definition) is 1. The highest BCUT2D eigenvalue weighted by atomic mass is 32.2. The lowest BCUT2D eigenvalue weighted by atomic mass is 9.96. The zero-order valence-electron chi connectivity index (χ0n) is 14.7. The van der Waals surface area contributed by atoms with Gasteiger partial charge in [-0.15, -0.1) is 11.8 Å². The number of rotatable bonds is 5. The van der Waals surface area contributed by atoms with E-state index in [9.17, 15) is 8.42 Å². The van der Waals surface area contributed by atoms with Gasteiger partial charge in [0.1, 0.15) is 0 Å². The van der Waals surface area contributed by atoms with E-state index in [-0.39, 0.29) is 11.3 Å². The molecule has 0 spiro atoms. The summed E-state index contributed by atoms with van der Waals surface area (Å²) in [5.74, 6) is 0. The van der Waals surface area contributed by atoms with E-state index >= 15 is 0 Å². The quantitative estimate of drug-likeness (QED) is 0.825. The molecule has 0 heterocycles. The van der Waals surface area contributed by atoms with Crippen LogP contribution in [-0.4, -0.2) is 19.7 Å². The number of sulfonamides is 1. The molecule has 5 heteroatoms. The van der Waals surface area contributed by atoms with E-state index in [1.807, 2.05) is 19.1 Å². The molecule has 134 valence electrons. The predicted molar refractivity (Wildman–Crippen MR) is 105 cm³/mol. The summed E-state index contributed by atoms with van der Waals surface area (Å²) in [6.07, 6.45) is 4.17. The van der Waals surface area contributed by atoms with Gasteiger partial charge in [0.25, 0.3) is 0 Å². The Balaban J connectivity index is 1.75. The second kappa shape index (κ2) is 7.94. The van der Waals surface area contributed by atoms with E-state index in [4.69, 9.17) is 0 Å². The summed E-state index contributed by atoms with van der Waals surface area (Å²) in [6, 6.07) is 15.5. The largest absolute Gasteiger partial charge is 0.240 e. The van der Waals surface area contributed by atoms with Crippen molar-refractivity contribution in [3.63, 3.8) is 0 Å². The van der Waals surface area contributed by atoms with E-state index < -0.39 is 10.0 Å². The zero-order chi connectivity index (χ0) is 17.9. The third kappa shape index (κ3) is 4.87. The van der Waals surface area contributed by atoms with Crippen molar-refractivity contribution in [2.45, 2.75) is 60.6 Å². The van der Waals surface area contributed by atoms with Crippen LogP contribution in [0.5, 0.6) is 0 Å². The molecule has 0 radical (unpaired) electrons. The fourth-order valence-electron chi connectivity index (χ4n) is 3.22. The Labute approximate surface area is 155 Å². The van der Waals surface area contributed by atoms with Crippen LogP contribution in [0.4, 0.5) is 0 Å². The summed E-state index contributed by atoms with van der Waals surface area (Å²) < 4.78 is 28.5. The van der Waals surface area contributed by atoms with Gasteiger partial charge >= 0.3 is 0 Å². The first kappa shape index (κ1) is 18.5. The van der Waals surface area contributed by atoms with E-state index in [1.165, 1.54) is 10.5 Å². The molecular weight excluding hydrogens is 350 g/mol. The molecule has 0 aliphatic heterocycles. The van der Waals surface area contributed by atoms with E-state index in [0.29, 0.717) is 4.90 Å². The van der Waals surface area contributed by atoms with Crippen molar-refractivity contribution in [3.8, 4) is 0 Å². The van der Waals surface area contributed by atoms with Gasteiger partial charge in [0, 0.05) is 16.2 Å². The van der Waals surface area contributed by atoms with Crippen molar-refractivity contribution >= 4 is 21.8 Å². The Kier molecular flexibility index (Phi) is 5.87. The van der Waals surface area contributed by atoms with Gasteiger partial charge in [-0.05, 0) is 51.0 Å². The van der Waals surface area contributed by atoms with Crippen LogP contribution in [0.25, 0.3) is 0 Å². The maximum atomic E-state index is 12.7. The SMILES string of the molecule is Cc1ccc(S(=O)(=O)N[C@H]2CCCC[C@@H]2Sc2cccc(C)c2)cc1. The lowest BCUT2D eigenvalue weighted by Gasteiger charge is -2.31. The fraction of sp³-hybridized carbons (Fsp3) is 0.400. The standard InChI is InChI=1S/C20H25NO2S2/c1-15-10-12-18(13-11-15)25(22,23)21-19-8-3-4-9-20(19)24-17-7-5-6-16(2)14-17/h5-7,10-14,19-21H,3-4,8-9H2,1-2H3/t19-,20-/m0/s1. The Hall–Kier alpha value is -1.30. The van der Waals surface area contributed by atoms with Crippen LogP contribution >= 0.6 is 11.8 Å². The maximum absolute atomic E-state index is 12.7.